The minimum absolute atomic E-state index is 0.192. The topological polar surface area (TPSA) is 85.5 Å². The van der Waals surface area contributed by atoms with E-state index < -0.39 is 16.1 Å². The molecule has 0 saturated carbocycles. The van der Waals surface area contributed by atoms with Gasteiger partial charge in [-0.15, -0.1) is 0 Å². The number of likely N-dealkylation sites (N-methyl/N-ethyl adjacent to an activating group) is 1. The van der Waals surface area contributed by atoms with Crippen LogP contribution >= 0.6 is 11.6 Å². The molecule has 1 atom stereocenters. The van der Waals surface area contributed by atoms with E-state index in [9.17, 15) is 13.2 Å². The molecule has 2 heterocycles. The van der Waals surface area contributed by atoms with Gasteiger partial charge >= 0.3 is 0 Å². The van der Waals surface area contributed by atoms with Gasteiger partial charge < -0.3 is 14.8 Å². The predicted octanol–water partition coefficient (Wildman–Crippen LogP) is 1.11. The van der Waals surface area contributed by atoms with Gasteiger partial charge in [-0.1, -0.05) is 48.5 Å². The number of H-pyrrole nitrogens is 1. The van der Waals surface area contributed by atoms with Crippen LogP contribution in [0.15, 0.2) is 48.7 Å². The zero-order chi connectivity index (χ0) is 23.8. The quantitative estimate of drug-likeness (QED) is 0.551. The number of allylic oxidation sites excluding steroid dienone is 1. The van der Waals surface area contributed by atoms with Crippen molar-refractivity contribution in [2.75, 3.05) is 39.0 Å². The van der Waals surface area contributed by atoms with Crippen molar-refractivity contribution in [3.8, 4) is 0 Å². The van der Waals surface area contributed by atoms with Crippen molar-refractivity contribution in [2.45, 2.75) is 18.9 Å². The molecule has 1 saturated heterocycles. The molecule has 0 spiro atoms. The lowest BCUT2D eigenvalue weighted by Gasteiger charge is -2.34. The first-order valence-corrected chi connectivity index (χ1v) is 13.0. The van der Waals surface area contributed by atoms with Crippen LogP contribution in [0.5, 0.6) is 0 Å². The highest BCUT2D eigenvalue weighted by Gasteiger charge is 2.29. The zero-order valence-corrected chi connectivity index (χ0v) is 20.4. The molecule has 1 unspecified atom stereocenters. The van der Waals surface area contributed by atoms with E-state index in [4.69, 9.17) is 11.6 Å². The third-order valence-electron chi connectivity index (χ3n) is 5.68. The molecule has 0 bridgehead atoms. The molecule has 0 aliphatic carbocycles. The molecule has 1 aliphatic heterocycles. The Morgan fingerprint density at radius 2 is 1.97 bits per heavy atom. The van der Waals surface area contributed by atoms with Crippen LogP contribution in [-0.4, -0.2) is 74.1 Å². The van der Waals surface area contributed by atoms with Crippen molar-refractivity contribution in [1.29, 1.82) is 0 Å². The summed E-state index contributed by atoms with van der Waals surface area (Å²) in [5, 5.41) is 2.26. The third-order valence-corrected chi connectivity index (χ3v) is 7.32. The van der Waals surface area contributed by atoms with E-state index >= 15 is 0 Å². The summed E-state index contributed by atoms with van der Waals surface area (Å²) < 4.78 is 28.2. The summed E-state index contributed by atoms with van der Waals surface area (Å²) in [5.74, 6) is -0.419. The molecular formula is C24H31ClN4O3S. The van der Waals surface area contributed by atoms with E-state index in [0.29, 0.717) is 31.0 Å². The largest absolute Gasteiger partial charge is 0.361 e. The van der Waals surface area contributed by atoms with Crippen molar-refractivity contribution in [2.24, 2.45) is 0 Å². The summed E-state index contributed by atoms with van der Waals surface area (Å²) in [7, 11) is -1.71. The lowest BCUT2D eigenvalue weighted by Crippen LogP contribution is -2.54. The number of amides is 1. The van der Waals surface area contributed by atoms with Gasteiger partial charge in [-0.2, -0.15) is 0 Å². The van der Waals surface area contributed by atoms with Crippen LogP contribution in [0.1, 0.15) is 12.0 Å². The van der Waals surface area contributed by atoms with Crippen molar-refractivity contribution >= 4 is 40.2 Å². The first kappa shape index (κ1) is 25.2. The van der Waals surface area contributed by atoms with Gasteiger partial charge in [-0.3, -0.25) is 4.79 Å². The molecule has 7 nitrogen and oxygen atoms in total. The highest BCUT2D eigenvalue weighted by Crippen LogP contribution is 2.18. The Balaban J connectivity index is 1.70. The molecule has 33 heavy (non-hydrogen) atoms. The number of rotatable bonds is 9. The molecule has 3 rings (SSSR count). The number of hydrogen-bond acceptors (Lipinski definition) is 4. The van der Waals surface area contributed by atoms with Gasteiger partial charge in [-0.05, 0) is 48.9 Å². The van der Waals surface area contributed by atoms with Crippen LogP contribution in [0, 0.1) is 0 Å². The molecule has 1 amide bonds. The van der Waals surface area contributed by atoms with E-state index in [1.54, 1.807) is 35.4 Å². The second-order valence-corrected chi connectivity index (χ2v) is 10.4. The van der Waals surface area contributed by atoms with Crippen LogP contribution in [0.2, 0.25) is 5.02 Å². The number of carbonyl (C=O) groups excluding carboxylic acids is 1. The number of hydrogen-bond donors (Lipinski definition) is 2. The number of aromatic amines is 1. The normalized spacial score (nSPS) is 17.0. The van der Waals surface area contributed by atoms with E-state index in [1.807, 2.05) is 31.3 Å². The number of aryl methyl sites for hydroxylation is 1. The number of halogens is 1. The number of piperazine rings is 1. The lowest BCUT2D eigenvalue weighted by atomic mass is 10.0. The Morgan fingerprint density at radius 1 is 1.24 bits per heavy atom. The van der Waals surface area contributed by atoms with Gasteiger partial charge in [0, 0.05) is 42.7 Å². The highest BCUT2D eigenvalue weighted by molar-refractivity contribution is 7.89. The van der Waals surface area contributed by atoms with Gasteiger partial charge in [0.05, 0.1) is 5.75 Å². The standard InChI is InChI=1S/C24H31ClN4O3S/c1-19-12-13-26-22(19)9-5-6-18-33(31,32)27-23(11-10-20-7-3-4-8-21(20)25)24(30)29-16-14-28(2)15-17-29/h3-9,12-13,23,26-27H,1,10-11,14-18H2,2H3/b6-5-,22-9+. The molecule has 1 aromatic heterocycles. The molecule has 1 aliphatic rings. The SMILES string of the molecule is C=c1cc[nH]/c1=C/C=C\CS(=O)(=O)NC(CCc1ccccc1Cl)C(=O)N1CCN(C)CC1. The van der Waals surface area contributed by atoms with Crippen molar-refractivity contribution < 1.29 is 13.2 Å². The van der Waals surface area contributed by atoms with Gasteiger partial charge in [-0.25, -0.2) is 13.1 Å². The minimum atomic E-state index is -3.71. The molecule has 1 fully saturated rings. The van der Waals surface area contributed by atoms with Gasteiger partial charge in [0.25, 0.3) is 0 Å². The maximum absolute atomic E-state index is 13.2. The van der Waals surface area contributed by atoms with E-state index in [2.05, 4.69) is 21.2 Å². The molecule has 2 N–H and O–H groups in total. The number of aromatic nitrogens is 1. The van der Waals surface area contributed by atoms with Gasteiger partial charge in [0.1, 0.15) is 6.04 Å². The average Bonchev–Trinajstić information content (AvgIpc) is 3.20. The highest BCUT2D eigenvalue weighted by atomic mass is 35.5. The number of benzene rings is 1. The van der Waals surface area contributed by atoms with Gasteiger partial charge in [0.2, 0.25) is 15.9 Å². The minimum Gasteiger partial charge on any atom is -0.361 e. The van der Waals surface area contributed by atoms with E-state index in [1.165, 1.54) is 0 Å². The zero-order valence-electron chi connectivity index (χ0n) is 18.8. The molecule has 9 heteroatoms. The number of nitrogens with zero attached hydrogens (tertiary/aromatic N) is 2. The summed E-state index contributed by atoms with van der Waals surface area (Å²) in [6.45, 7) is 6.58. The van der Waals surface area contributed by atoms with Crippen LogP contribution in [0.3, 0.4) is 0 Å². The lowest BCUT2D eigenvalue weighted by molar-refractivity contribution is -0.134. The Labute approximate surface area is 200 Å². The Morgan fingerprint density at radius 3 is 2.64 bits per heavy atom. The summed E-state index contributed by atoms with van der Waals surface area (Å²) in [5.41, 5.74) is 0.888. The van der Waals surface area contributed by atoms with Gasteiger partial charge in [0.15, 0.2) is 0 Å². The number of nitrogens with one attached hydrogen (secondary N) is 2. The molecular weight excluding hydrogens is 460 g/mol. The van der Waals surface area contributed by atoms with E-state index in [0.717, 1.165) is 29.2 Å². The second kappa shape index (κ2) is 11.7. The predicted molar refractivity (Wildman–Crippen MR) is 134 cm³/mol. The van der Waals surface area contributed by atoms with Crippen LogP contribution in [-0.2, 0) is 21.2 Å². The van der Waals surface area contributed by atoms with E-state index in [-0.39, 0.29) is 11.7 Å². The Kier molecular flexibility index (Phi) is 8.91. The fourth-order valence-corrected chi connectivity index (χ4v) is 5.01. The molecule has 178 valence electrons. The smallest absolute Gasteiger partial charge is 0.240 e. The van der Waals surface area contributed by atoms with Crippen molar-refractivity contribution in [3.05, 3.63) is 69.8 Å². The summed E-state index contributed by atoms with van der Waals surface area (Å²) in [6, 6.07) is 8.40. The Bertz CT molecular complexity index is 1180. The average molecular weight is 491 g/mol. The maximum Gasteiger partial charge on any atom is 0.240 e. The van der Waals surface area contributed by atoms with Crippen LogP contribution in [0.4, 0.5) is 0 Å². The maximum atomic E-state index is 13.2. The Hall–Kier alpha value is -2.39. The van der Waals surface area contributed by atoms with Crippen molar-refractivity contribution in [3.63, 3.8) is 0 Å². The fourth-order valence-electron chi connectivity index (χ4n) is 3.66. The molecule has 0 radical (unpaired) electrons. The summed E-state index contributed by atoms with van der Waals surface area (Å²) in [4.78, 5) is 20.1. The fraction of sp³-hybridized carbons (Fsp3) is 0.375. The summed E-state index contributed by atoms with van der Waals surface area (Å²) >= 11 is 6.26. The number of carbonyl (C=O) groups is 1. The second-order valence-electron chi connectivity index (χ2n) is 8.22. The van der Waals surface area contributed by atoms with Crippen LogP contribution < -0.4 is 15.3 Å². The molecule has 2 aromatic rings. The van der Waals surface area contributed by atoms with Crippen molar-refractivity contribution in [1.82, 2.24) is 19.5 Å². The van der Waals surface area contributed by atoms with Crippen LogP contribution in [0.25, 0.3) is 12.7 Å². The number of sulfonamides is 1. The summed E-state index contributed by atoms with van der Waals surface area (Å²) in [6.07, 6.45) is 7.58. The first-order valence-electron chi connectivity index (χ1n) is 10.9. The third kappa shape index (κ3) is 7.57. The first-order chi connectivity index (χ1) is 15.7. The molecule has 1 aromatic carbocycles. The monoisotopic (exact) mass is 490 g/mol.